The summed E-state index contributed by atoms with van der Waals surface area (Å²) in [5.41, 5.74) is 1.08. The summed E-state index contributed by atoms with van der Waals surface area (Å²) in [6.07, 6.45) is -0.484. The number of nitrogens with one attached hydrogen (secondary N) is 1. The Bertz CT molecular complexity index is 752. The number of ether oxygens (including phenoxy) is 2. The van der Waals surface area contributed by atoms with Gasteiger partial charge in [0, 0.05) is 23.1 Å². The highest BCUT2D eigenvalue weighted by Crippen LogP contribution is 2.32. The van der Waals surface area contributed by atoms with Gasteiger partial charge < -0.3 is 19.9 Å². The number of hydrogen-bond acceptors (Lipinski definition) is 4. The van der Waals surface area contributed by atoms with Crippen LogP contribution < -0.4 is 14.8 Å². The molecule has 2 rings (SSSR count). The SMILES string of the molecule is COc1ccc(C(O)CCC(=O)Nc2ccc(Cl)cc2Cl)c(OC)c1. The third kappa shape index (κ3) is 5.26. The molecule has 0 heterocycles. The number of carbonyl (C=O) groups excluding carboxylic acids is 1. The first-order valence-electron chi connectivity index (χ1n) is 7.59. The van der Waals surface area contributed by atoms with Gasteiger partial charge >= 0.3 is 0 Å². The van der Waals surface area contributed by atoms with Gasteiger partial charge in [-0.25, -0.2) is 0 Å². The van der Waals surface area contributed by atoms with E-state index in [2.05, 4.69) is 5.32 Å². The van der Waals surface area contributed by atoms with Crippen molar-refractivity contribution in [2.75, 3.05) is 19.5 Å². The van der Waals surface area contributed by atoms with E-state index in [1.807, 2.05) is 0 Å². The Labute approximate surface area is 156 Å². The van der Waals surface area contributed by atoms with E-state index in [0.717, 1.165) is 0 Å². The maximum absolute atomic E-state index is 12.1. The zero-order chi connectivity index (χ0) is 18.4. The maximum Gasteiger partial charge on any atom is 0.224 e. The van der Waals surface area contributed by atoms with Crippen LogP contribution in [0.1, 0.15) is 24.5 Å². The van der Waals surface area contributed by atoms with Crippen molar-refractivity contribution in [3.8, 4) is 11.5 Å². The van der Waals surface area contributed by atoms with Gasteiger partial charge in [-0.2, -0.15) is 0 Å². The van der Waals surface area contributed by atoms with Gasteiger partial charge in [0.2, 0.25) is 5.91 Å². The summed E-state index contributed by atoms with van der Waals surface area (Å²) in [6.45, 7) is 0. The fraction of sp³-hybridized carbons (Fsp3) is 0.278. The van der Waals surface area contributed by atoms with Crippen LogP contribution in [-0.4, -0.2) is 25.2 Å². The third-order valence-electron chi connectivity index (χ3n) is 3.65. The Balaban J connectivity index is 1.97. The average molecular weight is 384 g/mol. The van der Waals surface area contributed by atoms with E-state index < -0.39 is 6.10 Å². The fourth-order valence-electron chi connectivity index (χ4n) is 2.32. The molecule has 7 heteroatoms. The second kappa shape index (κ2) is 8.94. The lowest BCUT2D eigenvalue weighted by Gasteiger charge is -2.16. The molecule has 1 atom stereocenters. The maximum atomic E-state index is 12.1. The van der Waals surface area contributed by atoms with Crippen molar-refractivity contribution in [1.29, 1.82) is 0 Å². The highest BCUT2D eigenvalue weighted by atomic mass is 35.5. The molecule has 134 valence electrons. The molecule has 1 amide bonds. The van der Waals surface area contributed by atoms with E-state index >= 15 is 0 Å². The lowest BCUT2D eigenvalue weighted by molar-refractivity contribution is -0.116. The molecule has 0 aliphatic heterocycles. The topological polar surface area (TPSA) is 67.8 Å². The summed E-state index contributed by atoms with van der Waals surface area (Å²) in [7, 11) is 3.07. The Morgan fingerprint density at radius 3 is 2.56 bits per heavy atom. The Morgan fingerprint density at radius 2 is 1.92 bits per heavy atom. The predicted octanol–water partition coefficient (Wildman–Crippen LogP) is 4.46. The average Bonchev–Trinajstić information content (AvgIpc) is 2.61. The first kappa shape index (κ1) is 19.4. The van der Waals surface area contributed by atoms with Crippen LogP contribution in [0.2, 0.25) is 10.0 Å². The highest BCUT2D eigenvalue weighted by molar-refractivity contribution is 6.36. The number of hydrogen-bond donors (Lipinski definition) is 2. The van der Waals surface area contributed by atoms with Gasteiger partial charge in [0.05, 0.1) is 31.0 Å². The molecule has 0 bridgehead atoms. The lowest BCUT2D eigenvalue weighted by atomic mass is 10.0. The Hall–Kier alpha value is -1.95. The van der Waals surface area contributed by atoms with Crippen LogP contribution in [0.4, 0.5) is 5.69 Å². The molecule has 0 aliphatic rings. The number of methoxy groups -OCH3 is 2. The second-order valence-electron chi connectivity index (χ2n) is 5.33. The van der Waals surface area contributed by atoms with Crippen LogP contribution in [0.15, 0.2) is 36.4 Å². The molecule has 0 fully saturated rings. The minimum atomic E-state index is -0.840. The molecule has 2 aromatic rings. The van der Waals surface area contributed by atoms with Gasteiger partial charge in [-0.1, -0.05) is 23.2 Å². The molecule has 5 nitrogen and oxygen atoms in total. The van der Waals surface area contributed by atoms with Gasteiger partial charge in [0.1, 0.15) is 11.5 Å². The molecule has 0 saturated heterocycles. The quantitative estimate of drug-likeness (QED) is 0.740. The molecule has 0 spiro atoms. The Morgan fingerprint density at radius 1 is 1.16 bits per heavy atom. The normalized spacial score (nSPS) is 11.7. The summed E-state index contributed by atoms with van der Waals surface area (Å²) in [6, 6.07) is 9.96. The zero-order valence-electron chi connectivity index (χ0n) is 13.9. The van der Waals surface area contributed by atoms with E-state index in [4.69, 9.17) is 32.7 Å². The summed E-state index contributed by atoms with van der Waals surface area (Å²) in [5.74, 6) is 0.881. The molecule has 0 saturated carbocycles. The second-order valence-corrected chi connectivity index (χ2v) is 6.18. The molecular weight excluding hydrogens is 365 g/mol. The van der Waals surface area contributed by atoms with E-state index in [0.29, 0.717) is 32.8 Å². The molecule has 0 radical (unpaired) electrons. The van der Waals surface area contributed by atoms with Crippen molar-refractivity contribution in [3.63, 3.8) is 0 Å². The lowest BCUT2D eigenvalue weighted by Crippen LogP contribution is -2.13. The molecule has 25 heavy (non-hydrogen) atoms. The number of anilines is 1. The van der Waals surface area contributed by atoms with Gasteiger partial charge in [0.25, 0.3) is 0 Å². The molecule has 0 aliphatic carbocycles. The molecular formula is C18H19Cl2NO4. The number of amides is 1. The van der Waals surface area contributed by atoms with Crippen molar-refractivity contribution < 1.29 is 19.4 Å². The summed E-state index contributed by atoms with van der Waals surface area (Å²) < 4.78 is 10.4. The fourth-order valence-corrected chi connectivity index (χ4v) is 2.78. The number of rotatable bonds is 7. The number of halogens is 2. The minimum Gasteiger partial charge on any atom is -0.497 e. The number of carbonyl (C=O) groups is 1. The zero-order valence-corrected chi connectivity index (χ0v) is 15.4. The summed E-state index contributed by atoms with van der Waals surface area (Å²) >= 11 is 11.8. The molecule has 2 aromatic carbocycles. The first-order chi connectivity index (χ1) is 11.9. The van der Waals surface area contributed by atoms with Gasteiger partial charge in [-0.05, 0) is 36.8 Å². The number of aliphatic hydroxyl groups is 1. The van der Waals surface area contributed by atoms with Crippen LogP contribution in [-0.2, 0) is 4.79 Å². The van der Waals surface area contributed by atoms with Gasteiger partial charge in [0.15, 0.2) is 0 Å². The number of aliphatic hydroxyl groups excluding tert-OH is 1. The molecule has 2 N–H and O–H groups in total. The largest absolute Gasteiger partial charge is 0.497 e. The highest BCUT2D eigenvalue weighted by Gasteiger charge is 2.16. The number of benzene rings is 2. The van der Waals surface area contributed by atoms with E-state index in [1.54, 1.807) is 43.5 Å². The van der Waals surface area contributed by atoms with E-state index in [-0.39, 0.29) is 18.7 Å². The van der Waals surface area contributed by atoms with Crippen LogP contribution in [0.5, 0.6) is 11.5 Å². The van der Waals surface area contributed by atoms with Crippen molar-refractivity contribution in [3.05, 3.63) is 52.0 Å². The van der Waals surface area contributed by atoms with Crippen molar-refractivity contribution in [2.24, 2.45) is 0 Å². The van der Waals surface area contributed by atoms with Crippen molar-refractivity contribution in [2.45, 2.75) is 18.9 Å². The first-order valence-corrected chi connectivity index (χ1v) is 8.35. The van der Waals surface area contributed by atoms with E-state index in [1.165, 1.54) is 7.11 Å². The van der Waals surface area contributed by atoms with Crippen LogP contribution >= 0.6 is 23.2 Å². The van der Waals surface area contributed by atoms with Crippen LogP contribution in [0, 0.1) is 0 Å². The van der Waals surface area contributed by atoms with Crippen molar-refractivity contribution >= 4 is 34.8 Å². The smallest absolute Gasteiger partial charge is 0.224 e. The van der Waals surface area contributed by atoms with E-state index in [9.17, 15) is 9.90 Å². The monoisotopic (exact) mass is 383 g/mol. The summed E-state index contributed by atoms with van der Waals surface area (Å²) in [4.78, 5) is 12.1. The van der Waals surface area contributed by atoms with Crippen molar-refractivity contribution in [1.82, 2.24) is 0 Å². The third-order valence-corrected chi connectivity index (χ3v) is 4.20. The minimum absolute atomic E-state index is 0.120. The van der Waals surface area contributed by atoms with Crippen LogP contribution in [0.3, 0.4) is 0 Å². The summed E-state index contributed by atoms with van der Waals surface area (Å²) in [5, 5.41) is 13.9. The molecule has 1 unspecified atom stereocenters. The predicted molar refractivity (Wildman–Crippen MR) is 98.8 cm³/mol. The Kier molecular flexibility index (Phi) is 6.93. The van der Waals surface area contributed by atoms with Gasteiger partial charge in [-0.15, -0.1) is 0 Å². The van der Waals surface area contributed by atoms with Gasteiger partial charge in [-0.3, -0.25) is 4.79 Å². The van der Waals surface area contributed by atoms with Crippen LogP contribution in [0.25, 0.3) is 0 Å². The molecule has 0 aromatic heterocycles. The standard InChI is InChI=1S/C18H19Cl2NO4/c1-24-12-4-5-13(17(10-12)25-2)16(22)7-8-18(23)21-15-6-3-11(19)9-14(15)20/h3-6,9-10,16,22H,7-8H2,1-2H3,(H,21,23).